The van der Waals surface area contributed by atoms with Crippen LogP contribution in [0.2, 0.25) is 0 Å². The van der Waals surface area contributed by atoms with Crippen LogP contribution in [-0.2, 0) is 28.6 Å². The van der Waals surface area contributed by atoms with Crippen molar-refractivity contribution in [2.45, 2.75) is 245 Å². The van der Waals surface area contributed by atoms with Crippen molar-refractivity contribution in [2.75, 3.05) is 13.2 Å². The molecule has 0 heterocycles. The van der Waals surface area contributed by atoms with Gasteiger partial charge in [-0.15, -0.1) is 0 Å². The van der Waals surface area contributed by atoms with E-state index in [1.807, 2.05) is 0 Å². The third-order valence-electron chi connectivity index (χ3n) is 11.6. The molecule has 0 aromatic carbocycles. The molecule has 0 N–H and O–H groups in total. The number of allylic oxidation sites excluding steroid dienone is 22. The van der Waals surface area contributed by atoms with Gasteiger partial charge in [0.1, 0.15) is 13.2 Å². The van der Waals surface area contributed by atoms with Crippen LogP contribution in [0.15, 0.2) is 134 Å². The van der Waals surface area contributed by atoms with Crippen LogP contribution in [0, 0.1) is 0 Å². The first kappa shape index (κ1) is 66.6. The highest BCUT2D eigenvalue weighted by Gasteiger charge is 2.19. The fraction of sp³-hybridized carbons (Fsp3) is 0.615. The van der Waals surface area contributed by atoms with Crippen molar-refractivity contribution >= 4 is 17.9 Å². The highest BCUT2D eigenvalue weighted by molar-refractivity contribution is 5.71. The molecule has 0 aromatic rings. The highest BCUT2D eigenvalue weighted by Crippen LogP contribution is 2.12. The third-order valence-corrected chi connectivity index (χ3v) is 11.6. The zero-order valence-corrected chi connectivity index (χ0v) is 45.7. The van der Waals surface area contributed by atoms with Crippen molar-refractivity contribution in [1.82, 2.24) is 0 Å². The molecule has 0 unspecified atom stereocenters. The molecule has 0 saturated heterocycles. The Morgan fingerprint density at radius 1 is 0.296 bits per heavy atom. The molecule has 0 fully saturated rings. The van der Waals surface area contributed by atoms with E-state index in [1.165, 1.54) is 64.2 Å². The zero-order valence-electron chi connectivity index (χ0n) is 45.7. The lowest BCUT2D eigenvalue weighted by atomic mass is 10.1. The molecular formula is C65H104O6. The van der Waals surface area contributed by atoms with Crippen molar-refractivity contribution in [1.29, 1.82) is 0 Å². The summed E-state index contributed by atoms with van der Waals surface area (Å²) in [5, 5.41) is 0. The number of carbonyl (C=O) groups excluding carboxylic acids is 3. The van der Waals surface area contributed by atoms with Gasteiger partial charge in [0.25, 0.3) is 0 Å². The summed E-state index contributed by atoms with van der Waals surface area (Å²) in [7, 11) is 0. The molecule has 0 bridgehead atoms. The minimum Gasteiger partial charge on any atom is -0.462 e. The summed E-state index contributed by atoms with van der Waals surface area (Å²) in [5.74, 6) is -1.02. The summed E-state index contributed by atoms with van der Waals surface area (Å²) in [5.41, 5.74) is 0. The number of rotatable bonds is 50. The van der Waals surface area contributed by atoms with Crippen LogP contribution in [0.3, 0.4) is 0 Å². The minimum atomic E-state index is -0.829. The topological polar surface area (TPSA) is 78.9 Å². The molecule has 0 saturated carbocycles. The largest absolute Gasteiger partial charge is 0.462 e. The quantitative estimate of drug-likeness (QED) is 0.0262. The minimum absolute atomic E-state index is 0.119. The lowest BCUT2D eigenvalue weighted by Crippen LogP contribution is -2.30. The molecule has 6 nitrogen and oxygen atoms in total. The van der Waals surface area contributed by atoms with Crippen molar-refractivity contribution in [2.24, 2.45) is 0 Å². The zero-order chi connectivity index (χ0) is 51.4. The number of esters is 3. The Labute approximate surface area is 436 Å². The van der Waals surface area contributed by atoms with Gasteiger partial charge in [0.05, 0.1) is 0 Å². The van der Waals surface area contributed by atoms with Gasteiger partial charge in [-0.3, -0.25) is 14.4 Å². The van der Waals surface area contributed by atoms with E-state index in [4.69, 9.17) is 14.2 Å². The van der Waals surface area contributed by atoms with Gasteiger partial charge in [0.15, 0.2) is 6.10 Å². The van der Waals surface area contributed by atoms with Crippen molar-refractivity contribution in [3.05, 3.63) is 134 Å². The molecule has 0 spiro atoms. The molecule has 0 aliphatic carbocycles. The Balaban J connectivity index is 4.56. The molecule has 0 radical (unpaired) electrons. The number of hydrogen-bond donors (Lipinski definition) is 0. The second-order valence-corrected chi connectivity index (χ2v) is 18.5. The average Bonchev–Trinajstić information content (AvgIpc) is 3.37. The summed E-state index contributed by atoms with van der Waals surface area (Å²) < 4.78 is 16.8. The van der Waals surface area contributed by atoms with Crippen LogP contribution < -0.4 is 0 Å². The predicted molar refractivity (Wildman–Crippen MR) is 306 cm³/mol. The van der Waals surface area contributed by atoms with Crippen LogP contribution in [0.4, 0.5) is 0 Å². The van der Waals surface area contributed by atoms with Gasteiger partial charge in [-0.1, -0.05) is 219 Å². The number of hydrogen-bond acceptors (Lipinski definition) is 6. The molecule has 0 aromatic heterocycles. The maximum atomic E-state index is 12.8. The average molecular weight is 982 g/mol. The lowest BCUT2D eigenvalue weighted by Gasteiger charge is -2.18. The molecule has 0 aliphatic rings. The van der Waals surface area contributed by atoms with E-state index in [1.54, 1.807) is 0 Å². The van der Waals surface area contributed by atoms with E-state index in [2.05, 4.69) is 154 Å². The van der Waals surface area contributed by atoms with E-state index in [0.717, 1.165) is 128 Å². The first-order valence-corrected chi connectivity index (χ1v) is 28.7. The second kappa shape index (κ2) is 58.1. The molecule has 0 rings (SSSR count). The number of ether oxygens (including phenoxy) is 3. The van der Waals surface area contributed by atoms with Gasteiger partial charge in [0, 0.05) is 19.3 Å². The summed E-state index contributed by atoms with van der Waals surface area (Å²) >= 11 is 0. The van der Waals surface area contributed by atoms with Crippen molar-refractivity contribution in [3.63, 3.8) is 0 Å². The van der Waals surface area contributed by atoms with E-state index in [9.17, 15) is 14.4 Å². The van der Waals surface area contributed by atoms with Crippen LogP contribution in [0.5, 0.6) is 0 Å². The second-order valence-electron chi connectivity index (χ2n) is 18.5. The van der Waals surface area contributed by atoms with Gasteiger partial charge in [-0.05, 0) is 135 Å². The van der Waals surface area contributed by atoms with Crippen molar-refractivity contribution < 1.29 is 28.6 Å². The third kappa shape index (κ3) is 56.3. The van der Waals surface area contributed by atoms with Crippen molar-refractivity contribution in [3.8, 4) is 0 Å². The Bertz CT molecular complexity index is 1550. The van der Waals surface area contributed by atoms with E-state index < -0.39 is 6.10 Å². The SMILES string of the molecule is CC/C=C\C/C=C\C/C=C\C/C=C\C/C=C\CCCC(=O)O[C@H](COC(=O)CCCCCC/C=C\C/C=C\C/C=C\CCCCC)COC(=O)CCCCCCCC/C=C\C/C=C\C/C=C\CCCCC. The Hall–Kier alpha value is -4.45. The molecule has 0 aliphatic heterocycles. The van der Waals surface area contributed by atoms with Crippen LogP contribution in [0.25, 0.3) is 0 Å². The lowest BCUT2D eigenvalue weighted by molar-refractivity contribution is -0.167. The predicted octanol–water partition coefficient (Wildman–Crippen LogP) is 19.4. The fourth-order valence-electron chi connectivity index (χ4n) is 7.31. The van der Waals surface area contributed by atoms with Crippen LogP contribution in [0.1, 0.15) is 239 Å². The monoisotopic (exact) mass is 981 g/mol. The fourth-order valence-corrected chi connectivity index (χ4v) is 7.31. The highest BCUT2D eigenvalue weighted by atomic mass is 16.6. The van der Waals surface area contributed by atoms with E-state index in [0.29, 0.717) is 19.3 Å². The standard InChI is InChI=1S/C65H104O6/c1-4-7-10-13-16-19-22-25-28-31-32-35-37-40-43-46-49-52-55-58-64(67)70-61-62(71-65(68)59-56-53-50-47-44-41-38-34-30-27-24-21-18-15-12-9-6-3)60-69-63(66)57-54-51-48-45-42-39-36-33-29-26-23-20-17-14-11-8-5-2/h9,12,16-21,25-30,32,35-36,38-39,41,47,50,62H,4-8,10-11,13-15,22-24,31,33-34,37,40,42-46,48-49,51-61H2,1-3H3/b12-9-,19-16-,20-17-,21-18-,28-25-,29-26-,30-27-,35-32-,39-36-,41-38-,50-47-/t62-/m1/s1. The molecule has 71 heavy (non-hydrogen) atoms. The van der Waals surface area contributed by atoms with Crippen LogP contribution in [-0.4, -0.2) is 37.2 Å². The van der Waals surface area contributed by atoms with Gasteiger partial charge in [-0.25, -0.2) is 0 Å². The summed E-state index contributed by atoms with van der Waals surface area (Å²) in [6, 6.07) is 0. The first-order valence-electron chi connectivity index (χ1n) is 28.7. The molecular weight excluding hydrogens is 877 g/mol. The number of carbonyl (C=O) groups is 3. The smallest absolute Gasteiger partial charge is 0.306 e. The molecule has 6 heteroatoms. The Morgan fingerprint density at radius 3 is 0.901 bits per heavy atom. The van der Waals surface area contributed by atoms with Gasteiger partial charge < -0.3 is 14.2 Å². The number of unbranched alkanes of at least 4 members (excludes halogenated alkanes) is 17. The van der Waals surface area contributed by atoms with Gasteiger partial charge >= 0.3 is 17.9 Å². The van der Waals surface area contributed by atoms with E-state index in [-0.39, 0.29) is 37.5 Å². The maximum absolute atomic E-state index is 12.8. The first-order chi connectivity index (χ1) is 35.0. The normalized spacial score (nSPS) is 13.1. The Morgan fingerprint density at radius 2 is 0.563 bits per heavy atom. The molecule has 400 valence electrons. The Kier molecular flexibility index (Phi) is 54.5. The summed E-state index contributed by atoms with van der Waals surface area (Å²) in [6.07, 6.45) is 81.5. The van der Waals surface area contributed by atoms with E-state index >= 15 is 0 Å². The molecule has 0 amide bonds. The maximum Gasteiger partial charge on any atom is 0.306 e. The van der Waals surface area contributed by atoms with Crippen LogP contribution >= 0.6 is 0 Å². The summed E-state index contributed by atoms with van der Waals surface area (Å²) in [6.45, 7) is 6.38. The molecule has 1 atom stereocenters. The van der Waals surface area contributed by atoms with Gasteiger partial charge in [-0.2, -0.15) is 0 Å². The van der Waals surface area contributed by atoms with Gasteiger partial charge in [0.2, 0.25) is 0 Å². The summed E-state index contributed by atoms with van der Waals surface area (Å²) in [4.78, 5) is 38.2.